The molecule has 0 fully saturated rings. The fourth-order valence-electron chi connectivity index (χ4n) is 5.35. The highest BCUT2D eigenvalue weighted by Crippen LogP contribution is 2.44. The Labute approximate surface area is 250 Å². The second kappa shape index (κ2) is 19.8. The number of benzene rings is 1. The average molecular weight is 577 g/mol. The first kappa shape index (κ1) is 36.8. The van der Waals surface area contributed by atoms with Gasteiger partial charge in [-0.1, -0.05) is 92.9 Å². The van der Waals surface area contributed by atoms with Gasteiger partial charge in [0.1, 0.15) is 11.5 Å². The number of ether oxygens (including phenoxy) is 3. The molecule has 41 heavy (non-hydrogen) atoms. The molecule has 0 aromatic heterocycles. The molecular weight excluding hydrogens is 516 g/mol. The van der Waals surface area contributed by atoms with Gasteiger partial charge in [-0.05, 0) is 61.5 Å². The highest BCUT2D eigenvalue weighted by atomic mass is 16.5. The smallest absolute Gasteiger partial charge is 0.305 e. The van der Waals surface area contributed by atoms with Gasteiger partial charge in [-0.15, -0.1) is 0 Å². The molecule has 236 valence electrons. The lowest BCUT2D eigenvalue weighted by atomic mass is 9.75. The second-order valence-electron chi connectivity index (χ2n) is 12.8. The largest absolute Gasteiger partial charge is 0.508 e. The number of rotatable bonds is 23. The number of hydrogen-bond donors (Lipinski definition) is 1. The van der Waals surface area contributed by atoms with Gasteiger partial charge in [0, 0.05) is 24.0 Å². The lowest BCUT2D eigenvalue weighted by molar-refractivity contribution is -0.144. The second-order valence-corrected chi connectivity index (χ2v) is 12.8. The molecule has 0 aliphatic carbocycles. The summed E-state index contributed by atoms with van der Waals surface area (Å²) in [6, 6.07) is 3.76. The standard InChI is InChI=1S/C35H60O6/c1-8-10-12-14-16-24-40-32(37)20-18-22-34(3,4)28-27-31(39-7)29(26-30(28)36)35(5,6)23-19-21-33(38)41-25-17-15-13-11-9-2/h26-27,36H,8-25H2,1-7H3. The normalized spacial score (nSPS) is 11.9. The van der Waals surface area contributed by atoms with Crippen LogP contribution in [-0.2, 0) is 29.9 Å². The van der Waals surface area contributed by atoms with Crippen LogP contribution in [0.15, 0.2) is 12.1 Å². The molecule has 1 N–H and O–H groups in total. The van der Waals surface area contributed by atoms with Crippen molar-refractivity contribution in [3.05, 3.63) is 23.3 Å². The summed E-state index contributed by atoms with van der Waals surface area (Å²) in [7, 11) is 1.65. The third-order valence-electron chi connectivity index (χ3n) is 8.16. The number of hydrogen-bond acceptors (Lipinski definition) is 6. The third kappa shape index (κ3) is 14.5. The quantitative estimate of drug-likeness (QED) is 0.103. The molecule has 0 unspecified atom stereocenters. The minimum Gasteiger partial charge on any atom is -0.508 e. The van der Waals surface area contributed by atoms with Crippen molar-refractivity contribution in [2.45, 2.75) is 155 Å². The number of aromatic hydroxyl groups is 1. The molecule has 0 radical (unpaired) electrons. The van der Waals surface area contributed by atoms with Crippen molar-refractivity contribution < 1.29 is 28.9 Å². The summed E-state index contributed by atoms with van der Waals surface area (Å²) >= 11 is 0. The first-order chi connectivity index (χ1) is 19.5. The Morgan fingerprint density at radius 3 is 1.54 bits per heavy atom. The maximum absolute atomic E-state index is 12.2. The molecule has 1 aromatic carbocycles. The predicted octanol–water partition coefficient (Wildman–Crippen LogP) is 9.32. The van der Waals surface area contributed by atoms with Gasteiger partial charge in [0.05, 0.1) is 20.3 Å². The van der Waals surface area contributed by atoms with E-state index in [1.165, 1.54) is 38.5 Å². The third-order valence-corrected chi connectivity index (χ3v) is 8.16. The van der Waals surface area contributed by atoms with Gasteiger partial charge < -0.3 is 19.3 Å². The zero-order valence-electron chi connectivity index (χ0n) is 27.4. The first-order valence-electron chi connectivity index (χ1n) is 16.2. The summed E-state index contributed by atoms with van der Waals surface area (Å²) in [6.45, 7) is 13.8. The van der Waals surface area contributed by atoms with Crippen LogP contribution in [0.1, 0.15) is 155 Å². The molecule has 0 heterocycles. The maximum Gasteiger partial charge on any atom is 0.305 e. The monoisotopic (exact) mass is 576 g/mol. The van der Waals surface area contributed by atoms with Crippen LogP contribution in [0.5, 0.6) is 11.5 Å². The van der Waals surface area contributed by atoms with Crippen LogP contribution in [0.4, 0.5) is 0 Å². The van der Waals surface area contributed by atoms with E-state index in [0.29, 0.717) is 38.9 Å². The first-order valence-corrected chi connectivity index (χ1v) is 16.2. The van der Waals surface area contributed by atoms with Gasteiger partial charge in [0.2, 0.25) is 0 Å². The SMILES string of the molecule is CCCCCCCOC(=O)CCCC(C)(C)c1cc(OC)c(C(C)(C)CCCC(=O)OCCCCCCC)cc1O. The van der Waals surface area contributed by atoms with Crippen LogP contribution in [-0.4, -0.2) is 37.4 Å². The lowest BCUT2D eigenvalue weighted by Gasteiger charge is -2.31. The van der Waals surface area contributed by atoms with Gasteiger partial charge in [0.15, 0.2) is 0 Å². The van der Waals surface area contributed by atoms with E-state index in [9.17, 15) is 14.7 Å². The van der Waals surface area contributed by atoms with E-state index in [1.807, 2.05) is 12.1 Å². The maximum atomic E-state index is 12.2. The molecule has 6 heteroatoms. The molecule has 1 aromatic rings. The number of unbranched alkanes of at least 4 members (excludes halogenated alkanes) is 8. The van der Waals surface area contributed by atoms with Crippen molar-refractivity contribution in [1.82, 2.24) is 0 Å². The minimum absolute atomic E-state index is 0.140. The van der Waals surface area contributed by atoms with Crippen molar-refractivity contribution in [3.8, 4) is 11.5 Å². The number of phenols is 1. The van der Waals surface area contributed by atoms with E-state index in [4.69, 9.17) is 14.2 Å². The van der Waals surface area contributed by atoms with Gasteiger partial charge in [0.25, 0.3) is 0 Å². The molecular formula is C35H60O6. The van der Waals surface area contributed by atoms with Crippen LogP contribution >= 0.6 is 0 Å². The lowest BCUT2D eigenvalue weighted by Crippen LogP contribution is -2.22. The molecule has 0 amide bonds. The Morgan fingerprint density at radius 1 is 0.659 bits per heavy atom. The topological polar surface area (TPSA) is 82.1 Å². The highest BCUT2D eigenvalue weighted by molar-refractivity contribution is 5.69. The minimum atomic E-state index is -0.346. The van der Waals surface area contributed by atoms with Crippen LogP contribution in [0, 0.1) is 0 Å². The average Bonchev–Trinajstić information content (AvgIpc) is 2.92. The molecule has 0 spiro atoms. The Morgan fingerprint density at radius 2 is 1.10 bits per heavy atom. The van der Waals surface area contributed by atoms with Gasteiger partial charge in [-0.25, -0.2) is 0 Å². The summed E-state index contributed by atoms with van der Waals surface area (Å²) in [4.78, 5) is 24.4. The number of carbonyl (C=O) groups is 2. The zero-order valence-corrected chi connectivity index (χ0v) is 27.4. The summed E-state index contributed by atoms with van der Waals surface area (Å²) in [5, 5.41) is 11.1. The van der Waals surface area contributed by atoms with Crippen LogP contribution < -0.4 is 4.74 Å². The molecule has 0 aliphatic heterocycles. The molecule has 0 aliphatic rings. The van der Waals surface area contributed by atoms with Crippen molar-refractivity contribution >= 4 is 11.9 Å². The highest BCUT2D eigenvalue weighted by Gasteiger charge is 2.30. The van der Waals surface area contributed by atoms with E-state index in [0.717, 1.165) is 55.4 Å². The molecule has 0 atom stereocenters. The fraction of sp³-hybridized carbons (Fsp3) is 0.771. The van der Waals surface area contributed by atoms with Gasteiger partial charge in [-0.2, -0.15) is 0 Å². The van der Waals surface area contributed by atoms with Crippen LogP contribution in [0.2, 0.25) is 0 Å². The number of esters is 2. The van der Waals surface area contributed by atoms with E-state index in [1.54, 1.807) is 7.11 Å². The van der Waals surface area contributed by atoms with E-state index >= 15 is 0 Å². The molecule has 0 bridgehead atoms. The van der Waals surface area contributed by atoms with E-state index in [-0.39, 0.29) is 28.5 Å². The number of methoxy groups -OCH3 is 1. The summed E-state index contributed by atoms with van der Waals surface area (Å²) in [5.74, 6) is 0.675. The molecule has 6 nitrogen and oxygen atoms in total. The molecule has 1 rings (SSSR count). The van der Waals surface area contributed by atoms with Crippen molar-refractivity contribution in [3.63, 3.8) is 0 Å². The van der Waals surface area contributed by atoms with E-state index in [2.05, 4.69) is 41.5 Å². The fourth-order valence-corrected chi connectivity index (χ4v) is 5.35. The van der Waals surface area contributed by atoms with Crippen molar-refractivity contribution in [1.29, 1.82) is 0 Å². The zero-order chi connectivity index (χ0) is 30.7. The van der Waals surface area contributed by atoms with Crippen LogP contribution in [0.25, 0.3) is 0 Å². The number of carbonyl (C=O) groups excluding carboxylic acids is 2. The van der Waals surface area contributed by atoms with E-state index < -0.39 is 0 Å². The van der Waals surface area contributed by atoms with Gasteiger partial charge in [-0.3, -0.25) is 9.59 Å². The summed E-state index contributed by atoms with van der Waals surface area (Å²) < 4.78 is 16.6. The Balaban J connectivity index is 2.64. The Bertz CT molecular complexity index is 889. The van der Waals surface area contributed by atoms with Gasteiger partial charge >= 0.3 is 11.9 Å². The Hall–Kier alpha value is -2.24. The Kier molecular flexibility index (Phi) is 17.8. The molecule has 0 saturated heterocycles. The predicted molar refractivity (Wildman–Crippen MR) is 168 cm³/mol. The molecule has 0 saturated carbocycles. The summed E-state index contributed by atoms with van der Waals surface area (Å²) in [6.07, 6.45) is 15.0. The summed E-state index contributed by atoms with van der Waals surface area (Å²) in [5.41, 5.74) is 1.08. The van der Waals surface area contributed by atoms with Crippen molar-refractivity contribution in [2.75, 3.05) is 20.3 Å². The van der Waals surface area contributed by atoms with Crippen LogP contribution in [0.3, 0.4) is 0 Å². The number of phenolic OH excluding ortho intramolecular Hbond substituents is 1. The van der Waals surface area contributed by atoms with Crippen molar-refractivity contribution in [2.24, 2.45) is 0 Å².